The number of hydrogen-bond acceptors (Lipinski definition) is 2. The Balaban J connectivity index is 1.26. The number of benzene rings is 1. The molecule has 3 fully saturated rings. The van der Waals surface area contributed by atoms with Gasteiger partial charge in [0.05, 0.1) is 5.92 Å². The van der Waals surface area contributed by atoms with Crippen LogP contribution in [0.15, 0.2) is 24.3 Å². The second kappa shape index (κ2) is 10.3. The summed E-state index contributed by atoms with van der Waals surface area (Å²) in [5.41, 5.74) is 1.42. The molecular formula is C28H42O2. The third-order valence-corrected chi connectivity index (χ3v) is 8.66. The van der Waals surface area contributed by atoms with Crippen molar-refractivity contribution < 1.29 is 9.53 Å². The van der Waals surface area contributed by atoms with Gasteiger partial charge < -0.3 is 4.74 Å². The van der Waals surface area contributed by atoms with Gasteiger partial charge in [-0.1, -0.05) is 64.5 Å². The van der Waals surface area contributed by atoms with E-state index in [9.17, 15) is 4.79 Å². The van der Waals surface area contributed by atoms with Crippen molar-refractivity contribution in [1.82, 2.24) is 0 Å². The minimum absolute atomic E-state index is 0.00663. The number of esters is 1. The smallest absolute Gasteiger partial charge is 0.314 e. The van der Waals surface area contributed by atoms with E-state index in [-0.39, 0.29) is 11.9 Å². The molecule has 0 amide bonds. The number of ether oxygens (including phenoxy) is 1. The predicted molar refractivity (Wildman–Crippen MR) is 124 cm³/mol. The fourth-order valence-corrected chi connectivity index (χ4v) is 6.40. The third-order valence-electron chi connectivity index (χ3n) is 8.66. The lowest BCUT2D eigenvalue weighted by Gasteiger charge is -2.32. The Morgan fingerprint density at radius 1 is 0.700 bits per heavy atom. The zero-order valence-corrected chi connectivity index (χ0v) is 19.3. The fourth-order valence-electron chi connectivity index (χ4n) is 6.40. The molecule has 0 radical (unpaired) electrons. The topological polar surface area (TPSA) is 26.3 Å². The van der Waals surface area contributed by atoms with Gasteiger partial charge in [0, 0.05) is 0 Å². The van der Waals surface area contributed by atoms with Gasteiger partial charge in [0.1, 0.15) is 5.75 Å². The lowest BCUT2D eigenvalue weighted by molar-refractivity contribution is -0.139. The molecule has 1 aromatic rings. The summed E-state index contributed by atoms with van der Waals surface area (Å²) in [7, 11) is 0. The second-order valence-corrected chi connectivity index (χ2v) is 10.9. The average Bonchev–Trinajstić information content (AvgIpc) is 3.02. The summed E-state index contributed by atoms with van der Waals surface area (Å²) >= 11 is 0. The molecule has 2 unspecified atom stereocenters. The van der Waals surface area contributed by atoms with Crippen LogP contribution in [0.1, 0.15) is 109 Å². The Bertz CT molecular complexity index is 662. The molecule has 4 rings (SSSR count). The van der Waals surface area contributed by atoms with Crippen molar-refractivity contribution in [1.29, 1.82) is 0 Å². The largest absolute Gasteiger partial charge is 0.426 e. The monoisotopic (exact) mass is 410 g/mol. The molecule has 166 valence electrons. The first-order chi connectivity index (χ1) is 14.6. The minimum Gasteiger partial charge on any atom is -0.426 e. The molecule has 0 N–H and O–H groups in total. The SMILES string of the molecule is CC1CCC(c2ccc(OC(=O)C3CCCC(C4CCC(C)CC4)CC3)cc2)CC1. The van der Waals surface area contributed by atoms with Gasteiger partial charge in [-0.25, -0.2) is 0 Å². The van der Waals surface area contributed by atoms with Crippen molar-refractivity contribution in [3.8, 4) is 5.75 Å². The Morgan fingerprint density at radius 2 is 1.27 bits per heavy atom. The number of rotatable bonds is 4. The summed E-state index contributed by atoms with van der Waals surface area (Å²) in [5.74, 6) is 5.07. The first-order valence-corrected chi connectivity index (χ1v) is 12.9. The Kier molecular flexibility index (Phi) is 7.55. The number of hydrogen-bond donors (Lipinski definition) is 0. The number of carbonyl (C=O) groups excluding carboxylic acids is 1. The van der Waals surface area contributed by atoms with Crippen LogP contribution in [-0.2, 0) is 4.79 Å². The normalized spacial score (nSPS) is 35.4. The van der Waals surface area contributed by atoms with E-state index in [2.05, 4.69) is 26.0 Å². The van der Waals surface area contributed by atoms with Gasteiger partial charge in [-0.15, -0.1) is 0 Å². The van der Waals surface area contributed by atoms with Gasteiger partial charge in [0.25, 0.3) is 0 Å². The van der Waals surface area contributed by atoms with E-state index in [0.29, 0.717) is 5.92 Å². The highest BCUT2D eigenvalue weighted by Crippen LogP contribution is 2.40. The lowest BCUT2D eigenvalue weighted by atomic mass is 9.74. The molecule has 0 spiro atoms. The van der Waals surface area contributed by atoms with Gasteiger partial charge in [-0.3, -0.25) is 4.79 Å². The highest BCUT2D eigenvalue weighted by atomic mass is 16.5. The van der Waals surface area contributed by atoms with Gasteiger partial charge in [0.2, 0.25) is 0 Å². The van der Waals surface area contributed by atoms with E-state index < -0.39 is 0 Å². The van der Waals surface area contributed by atoms with Crippen LogP contribution in [0.2, 0.25) is 0 Å². The van der Waals surface area contributed by atoms with E-state index in [1.165, 1.54) is 76.2 Å². The van der Waals surface area contributed by atoms with E-state index >= 15 is 0 Å². The standard InChI is InChI=1S/C28H42O2/c1-20-6-10-23(11-7-20)22-4-3-5-26(15-14-22)28(29)30-27-18-16-25(17-19-27)24-12-8-21(2)9-13-24/h16-24,26H,3-15H2,1-2H3. The second-order valence-electron chi connectivity index (χ2n) is 10.9. The Morgan fingerprint density at radius 3 is 1.93 bits per heavy atom. The van der Waals surface area contributed by atoms with Crippen molar-refractivity contribution in [2.75, 3.05) is 0 Å². The minimum atomic E-state index is 0.00663. The van der Waals surface area contributed by atoms with Gasteiger partial charge in [-0.2, -0.15) is 0 Å². The van der Waals surface area contributed by atoms with Crippen molar-refractivity contribution in [2.24, 2.45) is 29.6 Å². The zero-order valence-electron chi connectivity index (χ0n) is 19.3. The molecule has 3 aliphatic rings. The van der Waals surface area contributed by atoms with E-state index in [4.69, 9.17) is 4.74 Å². The van der Waals surface area contributed by atoms with E-state index in [1.807, 2.05) is 12.1 Å². The van der Waals surface area contributed by atoms with Crippen molar-refractivity contribution >= 4 is 5.97 Å². The van der Waals surface area contributed by atoms with Gasteiger partial charge in [-0.05, 0) is 92.2 Å². The lowest BCUT2D eigenvalue weighted by Crippen LogP contribution is -2.22. The van der Waals surface area contributed by atoms with Crippen LogP contribution >= 0.6 is 0 Å². The quantitative estimate of drug-likeness (QED) is 0.286. The summed E-state index contributed by atoms with van der Waals surface area (Å²) < 4.78 is 5.82. The van der Waals surface area contributed by atoms with E-state index in [0.717, 1.165) is 42.3 Å². The zero-order chi connectivity index (χ0) is 20.9. The maximum atomic E-state index is 12.8. The van der Waals surface area contributed by atoms with Crippen LogP contribution in [-0.4, -0.2) is 5.97 Å². The first kappa shape index (κ1) is 21.9. The van der Waals surface area contributed by atoms with Crippen molar-refractivity contribution in [3.63, 3.8) is 0 Å². The van der Waals surface area contributed by atoms with Crippen LogP contribution in [0.5, 0.6) is 5.75 Å². The maximum Gasteiger partial charge on any atom is 0.314 e. The first-order valence-electron chi connectivity index (χ1n) is 12.9. The summed E-state index contributed by atoms with van der Waals surface area (Å²) in [6.07, 6.45) is 16.7. The van der Waals surface area contributed by atoms with Crippen LogP contribution < -0.4 is 4.74 Å². The van der Waals surface area contributed by atoms with Crippen LogP contribution in [0, 0.1) is 29.6 Å². The molecule has 30 heavy (non-hydrogen) atoms. The van der Waals surface area contributed by atoms with Crippen molar-refractivity contribution in [3.05, 3.63) is 29.8 Å². The van der Waals surface area contributed by atoms with Gasteiger partial charge in [0.15, 0.2) is 0 Å². The molecule has 1 aromatic carbocycles. The van der Waals surface area contributed by atoms with Gasteiger partial charge >= 0.3 is 5.97 Å². The van der Waals surface area contributed by atoms with Crippen LogP contribution in [0.3, 0.4) is 0 Å². The summed E-state index contributed by atoms with van der Waals surface area (Å²) in [5, 5.41) is 0. The Labute approximate surface area is 184 Å². The highest BCUT2D eigenvalue weighted by molar-refractivity contribution is 5.75. The summed E-state index contributed by atoms with van der Waals surface area (Å²) in [4.78, 5) is 12.8. The van der Waals surface area contributed by atoms with E-state index in [1.54, 1.807) is 0 Å². The fraction of sp³-hybridized carbons (Fsp3) is 0.750. The molecule has 2 atom stereocenters. The van der Waals surface area contributed by atoms with Crippen molar-refractivity contribution in [2.45, 2.75) is 103 Å². The highest BCUT2D eigenvalue weighted by Gasteiger charge is 2.31. The molecule has 3 saturated carbocycles. The number of carbonyl (C=O) groups is 1. The van der Waals surface area contributed by atoms with Crippen LogP contribution in [0.4, 0.5) is 0 Å². The molecule has 2 nitrogen and oxygen atoms in total. The average molecular weight is 411 g/mol. The molecule has 0 aromatic heterocycles. The molecule has 0 bridgehead atoms. The molecule has 0 aliphatic heterocycles. The molecule has 2 heteroatoms. The molecular weight excluding hydrogens is 368 g/mol. The summed E-state index contributed by atoms with van der Waals surface area (Å²) in [6.45, 7) is 4.77. The Hall–Kier alpha value is -1.31. The molecule has 0 heterocycles. The maximum absolute atomic E-state index is 12.8. The molecule has 3 aliphatic carbocycles. The third kappa shape index (κ3) is 5.68. The van der Waals surface area contributed by atoms with Crippen LogP contribution in [0.25, 0.3) is 0 Å². The molecule has 0 saturated heterocycles. The summed E-state index contributed by atoms with van der Waals surface area (Å²) in [6, 6.07) is 8.43. The predicted octanol–water partition coefficient (Wildman–Crippen LogP) is 7.91.